The molecule has 2 aliphatic heterocycles. The van der Waals surface area contributed by atoms with Crippen LogP contribution in [0.4, 0.5) is 5.69 Å². The largest absolute Gasteiger partial charge is 0.381 e. The molecule has 0 atom stereocenters. The fraction of sp³-hybridized carbons (Fsp3) is 0.350. The summed E-state index contributed by atoms with van der Waals surface area (Å²) in [6.07, 6.45) is 6.13. The molecule has 1 N–H and O–H groups in total. The van der Waals surface area contributed by atoms with Crippen LogP contribution < -0.4 is 4.90 Å². The van der Waals surface area contributed by atoms with Crippen molar-refractivity contribution in [2.75, 3.05) is 24.7 Å². The Balaban J connectivity index is 1.48. The van der Waals surface area contributed by atoms with Gasteiger partial charge in [0.05, 0.1) is 34.5 Å². The van der Waals surface area contributed by atoms with Crippen LogP contribution >= 0.6 is 0 Å². The second-order valence-corrected chi connectivity index (χ2v) is 7.03. The Morgan fingerprint density at radius 1 is 1.23 bits per heavy atom. The lowest BCUT2D eigenvalue weighted by Crippen LogP contribution is -2.34. The first kappa shape index (κ1) is 15.5. The van der Waals surface area contributed by atoms with Gasteiger partial charge in [-0.1, -0.05) is 0 Å². The summed E-state index contributed by atoms with van der Waals surface area (Å²) < 4.78 is 5.44. The quantitative estimate of drug-likeness (QED) is 0.790. The predicted octanol–water partition coefficient (Wildman–Crippen LogP) is 2.94. The second kappa shape index (κ2) is 6.21. The van der Waals surface area contributed by atoms with Gasteiger partial charge in [-0.3, -0.25) is 9.78 Å². The average molecular weight is 348 g/mol. The van der Waals surface area contributed by atoms with E-state index in [0.717, 1.165) is 66.3 Å². The Kier molecular flexibility index (Phi) is 3.71. The summed E-state index contributed by atoms with van der Waals surface area (Å²) in [5.41, 5.74) is 5.57. The zero-order valence-corrected chi connectivity index (χ0v) is 14.4. The van der Waals surface area contributed by atoms with Crippen molar-refractivity contribution in [3.8, 4) is 11.3 Å². The summed E-state index contributed by atoms with van der Waals surface area (Å²) in [4.78, 5) is 26.9. The van der Waals surface area contributed by atoms with Crippen LogP contribution in [0.1, 0.15) is 18.5 Å². The number of amides is 1. The highest BCUT2D eigenvalue weighted by Gasteiger charge is 2.31. The van der Waals surface area contributed by atoms with Gasteiger partial charge in [-0.2, -0.15) is 0 Å². The number of anilines is 1. The highest BCUT2D eigenvalue weighted by atomic mass is 16.5. The second-order valence-electron chi connectivity index (χ2n) is 7.03. The van der Waals surface area contributed by atoms with Crippen molar-refractivity contribution in [1.82, 2.24) is 15.0 Å². The van der Waals surface area contributed by atoms with Crippen LogP contribution in [0, 0.1) is 5.92 Å². The van der Waals surface area contributed by atoms with Gasteiger partial charge in [-0.25, -0.2) is 4.98 Å². The van der Waals surface area contributed by atoms with Gasteiger partial charge in [0, 0.05) is 37.7 Å². The molecule has 132 valence electrons. The number of H-pyrrole nitrogens is 1. The Morgan fingerprint density at radius 2 is 2.12 bits per heavy atom. The molecule has 3 aromatic heterocycles. The van der Waals surface area contributed by atoms with Gasteiger partial charge in [0.15, 0.2) is 0 Å². The van der Waals surface area contributed by atoms with Gasteiger partial charge < -0.3 is 14.6 Å². The standard InChI is InChI=1S/C20H20N4O2/c25-20-10-18-19(24(20)12-13-4-7-26-8-5-13)9-14(11-22-18)15-1-2-16-17(23-15)3-6-21-16/h1-3,6,9,11,13,21H,4-5,7-8,10,12H2. The van der Waals surface area contributed by atoms with Crippen molar-refractivity contribution in [3.05, 3.63) is 42.4 Å². The summed E-state index contributed by atoms with van der Waals surface area (Å²) in [5.74, 6) is 0.641. The molecule has 0 bridgehead atoms. The van der Waals surface area contributed by atoms with Gasteiger partial charge >= 0.3 is 0 Å². The van der Waals surface area contributed by atoms with Crippen LogP contribution in [0.3, 0.4) is 0 Å². The first-order valence-electron chi connectivity index (χ1n) is 9.09. The first-order chi connectivity index (χ1) is 12.8. The number of hydrogen-bond donors (Lipinski definition) is 1. The maximum Gasteiger partial charge on any atom is 0.233 e. The third kappa shape index (κ3) is 2.66. The van der Waals surface area contributed by atoms with Gasteiger partial charge in [-0.15, -0.1) is 0 Å². The molecule has 6 nitrogen and oxygen atoms in total. The fourth-order valence-corrected chi connectivity index (χ4v) is 3.85. The molecule has 1 amide bonds. The molecule has 5 rings (SSSR count). The van der Waals surface area contributed by atoms with E-state index in [0.29, 0.717) is 12.3 Å². The zero-order valence-electron chi connectivity index (χ0n) is 14.4. The minimum absolute atomic E-state index is 0.144. The molecule has 1 fully saturated rings. The molecule has 0 unspecified atom stereocenters. The van der Waals surface area contributed by atoms with Gasteiger partial charge in [0.1, 0.15) is 0 Å². The summed E-state index contributed by atoms with van der Waals surface area (Å²) >= 11 is 0. The van der Waals surface area contributed by atoms with Gasteiger partial charge in [0.2, 0.25) is 5.91 Å². The van der Waals surface area contributed by atoms with E-state index in [1.165, 1.54) is 0 Å². The Hall–Kier alpha value is -2.73. The van der Waals surface area contributed by atoms with Crippen molar-refractivity contribution >= 4 is 22.6 Å². The lowest BCUT2D eigenvalue weighted by Gasteiger charge is -2.27. The number of hydrogen-bond acceptors (Lipinski definition) is 4. The minimum atomic E-state index is 0.144. The Bertz CT molecular complexity index is 975. The summed E-state index contributed by atoms with van der Waals surface area (Å²) in [5, 5.41) is 0. The maximum absolute atomic E-state index is 12.5. The number of carbonyl (C=O) groups is 1. The van der Waals surface area contributed by atoms with Crippen LogP contribution in [0.5, 0.6) is 0 Å². The van der Waals surface area contributed by atoms with Gasteiger partial charge in [0.25, 0.3) is 0 Å². The lowest BCUT2D eigenvalue weighted by atomic mass is 9.99. The van der Waals surface area contributed by atoms with Crippen molar-refractivity contribution in [3.63, 3.8) is 0 Å². The fourth-order valence-electron chi connectivity index (χ4n) is 3.85. The molecule has 5 heterocycles. The van der Waals surface area contributed by atoms with Crippen molar-refractivity contribution in [1.29, 1.82) is 0 Å². The molecular weight excluding hydrogens is 328 g/mol. The monoisotopic (exact) mass is 348 g/mol. The average Bonchev–Trinajstić information content (AvgIpc) is 3.26. The summed E-state index contributed by atoms with van der Waals surface area (Å²) in [6.45, 7) is 2.33. The molecule has 0 saturated carbocycles. The van der Waals surface area contributed by atoms with E-state index in [4.69, 9.17) is 9.72 Å². The highest BCUT2D eigenvalue weighted by molar-refractivity contribution is 6.01. The van der Waals surface area contributed by atoms with E-state index in [2.05, 4.69) is 16.0 Å². The summed E-state index contributed by atoms with van der Waals surface area (Å²) in [6, 6.07) is 8.03. The van der Waals surface area contributed by atoms with Gasteiger partial charge in [-0.05, 0) is 43.0 Å². The SMILES string of the molecule is O=C1Cc2ncc(-c3ccc4[nH]ccc4n3)cc2N1CC1CCOCC1. The van der Waals surface area contributed by atoms with Crippen molar-refractivity contribution in [2.24, 2.45) is 5.92 Å². The third-order valence-electron chi connectivity index (χ3n) is 5.34. The molecule has 3 aromatic rings. The summed E-state index contributed by atoms with van der Waals surface area (Å²) in [7, 11) is 0. The molecular formula is C20H20N4O2. The Labute approximate surface area is 151 Å². The van der Waals surface area contributed by atoms with Crippen molar-refractivity contribution < 1.29 is 9.53 Å². The van der Waals surface area contributed by atoms with Crippen LogP contribution in [-0.4, -0.2) is 40.6 Å². The number of nitrogens with zero attached hydrogens (tertiary/aromatic N) is 3. The lowest BCUT2D eigenvalue weighted by molar-refractivity contribution is -0.117. The normalized spacial score (nSPS) is 17.8. The number of aromatic nitrogens is 3. The Morgan fingerprint density at radius 3 is 3.00 bits per heavy atom. The first-order valence-corrected chi connectivity index (χ1v) is 9.09. The molecule has 2 aliphatic rings. The van der Waals surface area contributed by atoms with E-state index in [-0.39, 0.29) is 5.91 Å². The molecule has 0 radical (unpaired) electrons. The minimum Gasteiger partial charge on any atom is -0.381 e. The number of aromatic amines is 1. The van der Waals surface area contributed by atoms with Crippen LogP contribution in [0.2, 0.25) is 0 Å². The van der Waals surface area contributed by atoms with Crippen LogP contribution in [-0.2, 0) is 16.0 Å². The number of pyridine rings is 2. The van der Waals surface area contributed by atoms with Crippen LogP contribution in [0.15, 0.2) is 36.7 Å². The molecule has 0 aromatic carbocycles. The highest BCUT2D eigenvalue weighted by Crippen LogP contribution is 2.33. The zero-order chi connectivity index (χ0) is 17.5. The molecule has 1 saturated heterocycles. The molecule has 6 heteroatoms. The number of rotatable bonds is 3. The molecule has 0 aliphatic carbocycles. The number of ether oxygens (including phenoxy) is 1. The third-order valence-corrected chi connectivity index (χ3v) is 5.34. The van der Waals surface area contributed by atoms with E-state index in [1.54, 1.807) is 0 Å². The number of nitrogens with one attached hydrogen (secondary N) is 1. The molecule has 0 spiro atoms. The van der Waals surface area contributed by atoms with E-state index in [9.17, 15) is 4.79 Å². The topological polar surface area (TPSA) is 71.1 Å². The number of carbonyl (C=O) groups excluding carboxylic acids is 1. The van der Waals surface area contributed by atoms with Crippen LogP contribution in [0.25, 0.3) is 22.3 Å². The smallest absolute Gasteiger partial charge is 0.233 e. The van der Waals surface area contributed by atoms with E-state index in [1.807, 2.05) is 35.5 Å². The van der Waals surface area contributed by atoms with E-state index >= 15 is 0 Å². The number of fused-ring (bicyclic) bond motifs is 2. The molecule has 26 heavy (non-hydrogen) atoms. The van der Waals surface area contributed by atoms with E-state index < -0.39 is 0 Å². The maximum atomic E-state index is 12.5. The predicted molar refractivity (Wildman–Crippen MR) is 98.9 cm³/mol. The van der Waals surface area contributed by atoms with Crippen molar-refractivity contribution in [2.45, 2.75) is 19.3 Å².